The van der Waals surface area contributed by atoms with E-state index in [0.717, 1.165) is 0 Å². The topological polar surface area (TPSA) is 55.7 Å². The van der Waals surface area contributed by atoms with Gasteiger partial charge in [0.2, 0.25) is 0 Å². The van der Waals surface area contributed by atoms with Gasteiger partial charge in [-0.2, -0.15) is 0 Å². The zero-order chi connectivity index (χ0) is 12.0. The molecule has 0 saturated carbocycles. The van der Waals surface area contributed by atoms with Crippen LogP contribution in [0.5, 0.6) is 0 Å². The molecule has 0 spiro atoms. The maximum atomic E-state index is 11.6. The molecule has 0 saturated heterocycles. The van der Waals surface area contributed by atoms with Crippen LogP contribution in [0.3, 0.4) is 0 Å². The molecule has 0 atom stereocenters. The second kappa shape index (κ2) is 6.17. The molecule has 1 aromatic carbocycles. The number of alkyl halides is 1. The summed E-state index contributed by atoms with van der Waals surface area (Å²) in [5.74, 6) is -0.803. The van der Waals surface area contributed by atoms with E-state index < -0.39 is 5.97 Å². The van der Waals surface area contributed by atoms with E-state index in [4.69, 9.17) is 0 Å². The third-order valence-electron chi connectivity index (χ3n) is 1.70. The van der Waals surface area contributed by atoms with Gasteiger partial charge in [0.25, 0.3) is 0 Å². The SMILES string of the molecule is CC(=O)ON=C(C(=O)CBr)c1ccccc1. The predicted molar refractivity (Wildman–Crippen MR) is 63.5 cm³/mol. The van der Waals surface area contributed by atoms with Gasteiger partial charge in [-0.05, 0) is 0 Å². The molecule has 0 bridgehead atoms. The number of carbonyl (C=O) groups is 2. The molecule has 0 unspecified atom stereocenters. The summed E-state index contributed by atoms with van der Waals surface area (Å²) in [7, 11) is 0. The van der Waals surface area contributed by atoms with Crippen LogP contribution in [0.15, 0.2) is 35.5 Å². The van der Waals surface area contributed by atoms with E-state index in [1.807, 2.05) is 6.07 Å². The summed E-state index contributed by atoms with van der Waals surface area (Å²) in [6.45, 7) is 1.23. The summed E-state index contributed by atoms with van der Waals surface area (Å²) in [5.41, 5.74) is 0.751. The normalized spacial score (nSPS) is 11.0. The van der Waals surface area contributed by atoms with E-state index in [-0.39, 0.29) is 16.8 Å². The lowest BCUT2D eigenvalue weighted by atomic mass is 10.1. The Bertz CT molecular complexity index is 414. The fourth-order valence-electron chi connectivity index (χ4n) is 1.03. The molecule has 0 amide bonds. The van der Waals surface area contributed by atoms with Crippen LogP contribution in [-0.4, -0.2) is 22.8 Å². The van der Waals surface area contributed by atoms with Crippen LogP contribution in [0.25, 0.3) is 0 Å². The smallest absolute Gasteiger partial charge is 0.318 e. The van der Waals surface area contributed by atoms with Gasteiger partial charge in [-0.25, -0.2) is 4.79 Å². The van der Waals surface area contributed by atoms with Gasteiger partial charge in [0.15, 0.2) is 11.5 Å². The number of rotatable bonds is 4. The highest BCUT2D eigenvalue weighted by Crippen LogP contribution is 2.04. The van der Waals surface area contributed by atoms with Crippen LogP contribution >= 0.6 is 15.9 Å². The quantitative estimate of drug-likeness (QED) is 0.367. The van der Waals surface area contributed by atoms with Gasteiger partial charge in [-0.3, -0.25) is 4.79 Å². The van der Waals surface area contributed by atoms with Crippen molar-refractivity contribution in [3.05, 3.63) is 35.9 Å². The van der Waals surface area contributed by atoms with Crippen molar-refractivity contribution in [3.63, 3.8) is 0 Å². The molecule has 0 heterocycles. The Kier molecular flexibility index (Phi) is 4.85. The molecule has 4 nitrogen and oxygen atoms in total. The van der Waals surface area contributed by atoms with Crippen LogP contribution in [0.4, 0.5) is 0 Å². The van der Waals surface area contributed by atoms with Crippen molar-refractivity contribution in [3.8, 4) is 0 Å². The maximum Gasteiger partial charge on any atom is 0.332 e. The standard InChI is InChI=1S/C11H10BrNO3/c1-8(14)16-13-11(10(15)7-12)9-5-3-2-4-6-9/h2-6H,7H2,1H3. The van der Waals surface area contributed by atoms with Crippen molar-refractivity contribution in [2.75, 3.05) is 5.33 Å². The van der Waals surface area contributed by atoms with E-state index in [1.54, 1.807) is 24.3 Å². The summed E-state index contributed by atoms with van der Waals surface area (Å²) >= 11 is 3.05. The minimum absolute atomic E-state index is 0.127. The van der Waals surface area contributed by atoms with E-state index >= 15 is 0 Å². The van der Waals surface area contributed by atoms with Gasteiger partial charge in [0.05, 0.1) is 5.33 Å². The first-order chi connectivity index (χ1) is 7.65. The number of oxime groups is 1. The predicted octanol–water partition coefficient (Wildman–Crippen LogP) is 1.92. The molecule has 0 N–H and O–H groups in total. The molecular weight excluding hydrogens is 274 g/mol. The Morgan fingerprint density at radius 2 is 1.94 bits per heavy atom. The molecule has 84 valence electrons. The number of Topliss-reactive ketones (excluding diaryl/α,β-unsaturated/α-hetero) is 1. The van der Waals surface area contributed by atoms with Crippen LogP contribution in [0.2, 0.25) is 0 Å². The van der Waals surface area contributed by atoms with Crippen LogP contribution < -0.4 is 0 Å². The largest absolute Gasteiger partial charge is 0.332 e. The number of carbonyl (C=O) groups excluding carboxylic acids is 2. The van der Waals surface area contributed by atoms with Gasteiger partial charge >= 0.3 is 5.97 Å². The van der Waals surface area contributed by atoms with Gasteiger partial charge in [0.1, 0.15) is 0 Å². The lowest BCUT2D eigenvalue weighted by molar-refractivity contribution is -0.140. The van der Waals surface area contributed by atoms with Crippen molar-refractivity contribution in [2.45, 2.75) is 6.92 Å². The maximum absolute atomic E-state index is 11.6. The summed E-state index contributed by atoms with van der Waals surface area (Å²) in [6.07, 6.45) is 0. The lowest BCUT2D eigenvalue weighted by Gasteiger charge is -2.02. The molecule has 0 aliphatic carbocycles. The number of benzene rings is 1. The molecule has 5 heteroatoms. The van der Waals surface area contributed by atoms with Gasteiger partial charge < -0.3 is 4.84 Å². The Morgan fingerprint density at radius 1 is 1.31 bits per heavy atom. The highest BCUT2D eigenvalue weighted by molar-refractivity contribution is 9.09. The molecule has 0 aliphatic heterocycles. The van der Waals surface area contributed by atoms with E-state index in [0.29, 0.717) is 5.56 Å². The minimum Gasteiger partial charge on any atom is -0.318 e. The third-order valence-corrected chi connectivity index (χ3v) is 2.21. The Balaban J connectivity index is 3.01. The summed E-state index contributed by atoms with van der Waals surface area (Å²) in [4.78, 5) is 26.7. The Hall–Kier alpha value is -1.49. The fourth-order valence-corrected chi connectivity index (χ4v) is 1.30. The van der Waals surface area contributed by atoms with Crippen molar-refractivity contribution >= 4 is 33.4 Å². The van der Waals surface area contributed by atoms with Gasteiger partial charge in [0, 0.05) is 12.5 Å². The van der Waals surface area contributed by atoms with Gasteiger partial charge in [-0.15, -0.1) is 0 Å². The summed E-state index contributed by atoms with van der Waals surface area (Å²) in [5, 5.41) is 3.68. The highest BCUT2D eigenvalue weighted by atomic mass is 79.9. The fraction of sp³-hybridized carbons (Fsp3) is 0.182. The van der Waals surface area contributed by atoms with Gasteiger partial charge in [-0.1, -0.05) is 51.4 Å². The average molecular weight is 284 g/mol. The molecule has 1 rings (SSSR count). The Labute approximate surface area is 101 Å². The van der Waals surface area contributed by atoms with Crippen LogP contribution in [-0.2, 0) is 14.4 Å². The van der Waals surface area contributed by atoms with Crippen LogP contribution in [0, 0.1) is 0 Å². The lowest BCUT2D eigenvalue weighted by Crippen LogP contribution is -2.17. The number of nitrogens with zero attached hydrogens (tertiary/aromatic N) is 1. The monoisotopic (exact) mass is 283 g/mol. The van der Waals surface area contributed by atoms with Crippen molar-refractivity contribution < 1.29 is 14.4 Å². The Morgan fingerprint density at radius 3 is 2.44 bits per heavy atom. The van der Waals surface area contributed by atoms with Crippen molar-refractivity contribution in [1.29, 1.82) is 0 Å². The van der Waals surface area contributed by atoms with E-state index in [1.165, 1.54) is 6.92 Å². The summed E-state index contributed by atoms with van der Waals surface area (Å²) in [6, 6.07) is 8.83. The first-order valence-electron chi connectivity index (χ1n) is 4.55. The average Bonchev–Trinajstić information content (AvgIpc) is 2.30. The summed E-state index contributed by atoms with van der Waals surface area (Å²) < 4.78 is 0. The molecular formula is C11H10BrNO3. The number of hydrogen-bond acceptors (Lipinski definition) is 4. The minimum atomic E-state index is -0.559. The zero-order valence-electron chi connectivity index (χ0n) is 8.64. The molecule has 16 heavy (non-hydrogen) atoms. The molecule has 1 aromatic rings. The van der Waals surface area contributed by atoms with E-state index in [9.17, 15) is 9.59 Å². The molecule has 0 radical (unpaired) electrons. The zero-order valence-corrected chi connectivity index (χ0v) is 10.2. The van der Waals surface area contributed by atoms with Crippen LogP contribution in [0.1, 0.15) is 12.5 Å². The first kappa shape index (κ1) is 12.6. The highest BCUT2D eigenvalue weighted by Gasteiger charge is 2.13. The third kappa shape index (κ3) is 3.58. The first-order valence-corrected chi connectivity index (χ1v) is 5.67. The molecule has 0 aromatic heterocycles. The van der Waals surface area contributed by atoms with E-state index in [2.05, 4.69) is 25.9 Å². The second-order valence-electron chi connectivity index (χ2n) is 2.95. The number of halogens is 1. The second-order valence-corrected chi connectivity index (χ2v) is 3.51. The van der Waals surface area contributed by atoms with Crippen molar-refractivity contribution in [2.24, 2.45) is 5.16 Å². The van der Waals surface area contributed by atoms with Crippen molar-refractivity contribution in [1.82, 2.24) is 0 Å². The molecule has 0 fully saturated rings. The number of ketones is 1. The number of hydrogen-bond donors (Lipinski definition) is 0. The molecule has 0 aliphatic rings.